The number of aliphatic hydroxyl groups excluding tert-OH is 1. The second kappa shape index (κ2) is 12.4. The number of fused-ring (bicyclic) bond motifs is 1. The van der Waals surface area contributed by atoms with Crippen LogP contribution < -0.4 is 9.64 Å². The van der Waals surface area contributed by atoms with Crippen LogP contribution in [0.3, 0.4) is 0 Å². The van der Waals surface area contributed by atoms with Gasteiger partial charge in [-0.3, -0.25) is 4.57 Å². The molecule has 16 heteroatoms. The fourth-order valence-electron chi connectivity index (χ4n) is 5.27. The Kier molecular flexibility index (Phi) is 8.94. The fourth-order valence-corrected chi connectivity index (χ4v) is 6.31. The number of para-hydroxylation sites is 1. The van der Waals surface area contributed by atoms with E-state index in [0.29, 0.717) is 50.5 Å². The summed E-state index contributed by atoms with van der Waals surface area (Å²) in [6.07, 6.45) is 0.505. The first kappa shape index (κ1) is 29.4. The maximum atomic E-state index is 14.4. The topological polar surface area (TPSA) is 139 Å². The lowest BCUT2D eigenvalue weighted by molar-refractivity contribution is -0.0182. The van der Waals surface area contributed by atoms with E-state index in [0.717, 1.165) is 19.1 Å². The number of hydrogen-bond acceptors (Lipinski definition) is 11. The number of alkyl halides is 2. The van der Waals surface area contributed by atoms with E-state index in [1.807, 2.05) is 4.90 Å². The third-order valence-corrected chi connectivity index (χ3v) is 8.32. The van der Waals surface area contributed by atoms with Gasteiger partial charge in [0.2, 0.25) is 21.9 Å². The monoisotopic (exact) mass is 596 g/mol. The predicted octanol–water partition coefficient (Wildman–Crippen LogP) is 2.08. The molecule has 0 spiro atoms. The van der Waals surface area contributed by atoms with Crippen molar-refractivity contribution < 1.29 is 31.8 Å². The van der Waals surface area contributed by atoms with Crippen LogP contribution in [0.5, 0.6) is 5.75 Å². The van der Waals surface area contributed by atoms with Crippen molar-refractivity contribution in [3.05, 3.63) is 29.8 Å². The molecule has 0 saturated carbocycles. The van der Waals surface area contributed by atoms with Crippen LogP contribution in [-0.4, -0.2) is 107 Å². The van der Waals surface area contributed by atoms with Crippen molar-refractivity contribution in [1.82, 2.24) is 33.9 Å². The number of hydrogen-bond donors (Lipinski definition) is 1. The smallest absolute Gasteiger partial charge is 0.296 e. The van der Waals surface area contributed by atoms with E-state index < -0.39 is 28.3 Å². The lowest BCUT2D eigenvalue weighted by atomic mass is 10.0. The Bertz CT molecular complexity index is 1470. The summed E-state index contributed by atoms with van der Waals surface area (Å²) in [4.78, 5) is 20.2. The van der Waals surface area contributed by atoms with E-state index in [9.17, 15) is 22.3 Å². The number of aromatic nitrogens is 5. The number of benzene rings is 1. The standard InChI is InChI=1S/C25H34F2N8O5S/c1-39-19-9-5-8-17-20(19)28-23(21(26)27)35(17)25-30-22(29-24(31-25)32-12-15-40-16-13-32)18-7-3-4-10-33(18)34(11-6-14-36)41(2,37)38/h5,8-9,18,21,36H,3-4,6-7,10-16H2,1-2H3/t18-/m0/s1. The van der Waals surface area contributed by atoms with Gasteiger partial charge in [0.1, 0.15) is 11.3 Å². The number of sulfonamides is 1. The summed E-state index contributed by atoms with van der Waals surface area (Å²) in [6.45, 7) is 2.21. The van der Waals surface area contributed by atoms with Crippen LogP contribution in [0, 0.1) is 0 Å². The molecule has 0 amide bonds. The molecule has 0 aliphatic carbocycles. The minimum Gasteiger partial charge on any atom is -0.494 e. The number of nitrogens with zero attached hydrogens (tertiary/aromatic N) is 8. The number of ether oxygens (including phenoxy) is 2. The van der Waals surface area contributed by atoms with Crippen LogP contribution >= 0.6 is 0 Å². The van der Waals surface area contributed by atoms with E-state index in [1.54, 1.807) is 23.2 Å². The number of anilines is 1. The van der Waals surface area contributed by atoms with Gasteiger partial charge in [0.25, 0.3) is 6.43 Å². The van der Waals surface area contributed by atoms with Crippen molar-refractivity contribution in [2.75, 3.05) is 64.3 Å². The second-order valence-electron chi connectivity index (χ2n) is 9.89. The van der Waals surface area contributed by atoms with Crippen molar-refractivity contribution in [3.63, 3.8) is 0 Å². The molecule has 2 aliphatic heterocycles. The highest BCUT2D eigenvalue weighted by Crippen LogP contribution is 2.35. The number of halogens is 2. The van der Waals surface area contributed by atoms with Gasteiger partial charge in [-0.05, 0) is 31.4 Å². The van der Waals surface area contributed by atoms with E-state index in [2.05, 4.69) is 9.97 Å². The summed E-state index contributed by atoms with van der Waals surface area (Å²) in [5.41, 5.74) is 0.581. The van der Waals surface area contributed by atoms with Crippen LogP contribution in [0.2, 0.25) is 0 Å². The predicted molar refractivity (Wildman–Crippen MR) is 146 cm³/mol. The van der Waals surface area contributed by atoms with E-state index in [1.165, 1.54) is 16.1 Å². The molecule has 0 radical (unpaired) electrons. The van der Waals surface area contributed by atoms with E-state index in [-0.39, 0.29) is 42.8 Å². The number of imidazole rings is 1. The van der Waals surface area contributed by atoms with Crippen molar-refractivity contribution in [2.24, 2.45) is 0 Å². The van der Waals surface area contributed by atoms with Gasteiger partial charge in [-0.15, -0.1) is 4.41 Å². The van der Waals surface area contributed by atoms with Crippen LogP contribution in [0.15, 0.2) is 18.2 Å². The van der Waals surface area contributed by atoms with Crippen molar-refractivity contribution in [1.29, 1.82) is 0 Å². The number of hydrazine groups is 1. The summed E-state index contributed by atoms with van der Waals surface area (Å²) < 4.78 is 67.8. The molecular formula is C25H34F2N8O5S. The zero-order valence-electron chi connectivity index (χ0n) is 23.0. The van der Waals surface area contributed by atoms with Gasteiger partial charge in [-0.2, -0.15) is 15.0 Å². The maximum absolute atomic E-state index is 14.4. The molecule has 2 aromatic heterocycles. The number of aliphatic hydroxyl groups is 1. The summed E-state index contributed by atoms with van der Waals surface area (Å²) in [7, 11) is -2.25. The first-order valence-corrected chi connectivity index (χ1v) is 15.4. The largest absolute Gasteiger partial charge is 0.494 e. The van der Waals surface area contributed by atoms with Crippen LogP contribution in [-0.2, 0) is 14.8 Å². The molecule has 1 atom stereocenters. The van der Waals surface area contributed by atoms with Gasteiger partial charge in [-0.1, -0.05) is 12.5 Å². The molecule has 224 valence electrons. The average molecular weight is 597 g/mol. The molecule has 0 bridgehead atoms. The van der Waals surface area contributed by atoms with Crippen molar-refractivity contribution in [3.8, 4) is 11.7 Å². The fraction of sp³-hybridized carbons (Fsp3) is 0.600. The maximum Gasteiger partial charge on any atom is 0.296 e. The second-order valence-corrected chi connectivity index (χ2v) is 11.8. The Morgan fingerprint density at radius 2 is 1.88 bits per heavy atom. The van der Waals surface area contributed by atoms with Gasteiger partial charge in [0.15, 0.2) is 11.6 Å². The minimum atomic E-state index is -3.69. The Morgan fingerprint density at radius 3 is 2.56 bits per heavy atom. The zero-order chi connectivity index (χ0) is 29.1. The van der Waals surface area contributed by atoms with Crippen molar-refractivity contribution in [2.45, 2.75) is 38.2 Å². The SMILES string of the molecule is COc1cccc2c1nc(C(F)F)n2-c1nc([C@@H]2CCCCN2N(CCCO)S(C)(=O)=O)nc(N2CCOCC2)n1. The van der Waals surface area contributed by atoms with Crippen LogP contribution in [0.4, 0.5) is 14.7 Å². The van der Waals surface area contributed by atoms with Gasteiger partial charge in [0.05, 0.1) is 38.1 Å². The minimum absolute atomic E-state index is 0.0469. The van der Waals surface area contributed by atoms with E-state index in [4.69, 9.17) is 19.4 Å². The van der Waals surface area contributed by atoms with Gasteiger partial charge in [0, 0.05) is 32.8 Å². The van der Waals surface area contributed by atoms with Crippen LogP contribution in [0.1, 0.15) is 49.8 Å². The molecule has 4 heterocycles. The van der Waals surface area contributed by atoms with Gasteiger partial charge in [-0.25, -0.2) is 27.2 Å². The molecule has 41 heavy (non-hydrogen) atoms. The third kappa shape index (κ3) is 6.11. The first-order chi connectivity index (χ1) is 19.7. The highest BCUT2D eigenvalue weighted by molar-refractivity contribution is 7.88. The normalized spacial score (nSPS) is 19.0. The summed E-state index contributed by atoms with van der Waals surface area (Å²) in [5.74, 6) is 0.283. The van der Waals surface area contributed by atoms with Gasteiger partial charge < -0.3 is 19.5 Å². The number of piperidine rings is 1. The Labute approximate surface area is 236 Å². The number of methoxy groups -OCH3 is 1. The van der Waals surface area contributed by atoms with Crippen molar-refractivity contribution >= 4 is 27.0 Å². The lowest BCUT2D eigenvalue weighted by Gasteiger charge is -2.41. The number of morpholine rings is 1. The first-order valence-electron chi connectivity index (χ1n) is 13.5. The Hall–Kier alpha value is -3.05. The highest BCUT2D eigenvalue weighted by Gasteiger charge is 2.36. The van der Waals surface area contributed by atoms with Gasteiger partial charge >= 0.3 is 0 Å². The zero-order valence-corrected chi connectivity index (χ0v) is 23.8. The summed E-state index contributed by atoms with van der Waals surface area (Å²) in [5, 5.41) is 11.1. The molecular weight excluding hydrogens is 562 g/mol. The Morgan fingerprint density at radius 1 is 1.12 bits per heavy atom. The molecule has 1 aromatic carbocycles. The highest BCUT2D eigenvalue weighted by atomic mass is 32.2. The summed E-state index contributed by atoms with van der Waals surface area (Å²) >= 11 is 0. The van der Waals surface area contributed by atoms with E-state index >= 15 is 0 Å². The molecule has 2 saturated heterocycles. The molecule has 2 fully saturated rings. The molecule has 3 aromatic rings. The molecule has 13 nitrogen and oxygen atoms in total. The lowest BCUT2D eigenvalue weighted by Crippen LogP contribution is -2.50. The quantitative estimate of drug-likeness (QED) is 0.368. The Balaban J connectivity index is 1.69. The summed E-state index contributed by atoms with van der Waals surface area (Å²) in [6, 6.07) is 4.38. The molecule has 0 unspecified atom stereocenters. The van der Waals surface area contributed by atoms with Crippen LogP contribution in [0.25, 0.3) is 17.0 Å². The number of rotatable bonds is 10. The molecule has 5 rings (SSSR count). The average Bonchev–Trinajstić information content (AvgIpc) is 3.38. The molecule has 1 N–H and O–H groups in total. The third-order valence-electron chi connectivity index (χ3n) is 7.16. The molecule has 2 aliphatic rings.